The number of anilines is 3. The molecule has 11 aromatic rings. The molecule has 0 saturated carbocycles. The summed E-state index contributed by atoms with van der Waals surface area (Å²) in [4.78, 5) is 2.41. The summed E-state index contributed by atoms with van der Waals surface area (Å²) in [5.41, 5.74) is 10.7. The Morgan fingerprint density at radius 1 is 0.268 bits per heavy atom. The first kappa shape index (κ1) is 32.4. The molecule has 1 aromatic heterocycles. The summed E-state index contributed by atoms with van der Waals surface area (Å²) in [6.07, 6.45) is 0. The van der Waals surface area contributed by atoms with Crippen molar-refractivity contribution in [3.05, 3.63) is 212 Å². The summed E-state index contributed by atoms with van der Waals surface area (Å²) in [7, 11) is 0. The standard InChI is InChI=1S/C54H35NS/c1-3-18-45-37(11-1)13-9-21-47(45)40-15-7-14-39(33-40)36-25-28-42(29-26-36)55(44-30-32-52-51-20-5-6-24-53(51)56-54(52)35-44)43-17-8-16-41(34-43)48-22-10-23-49-46-19-4-2-12-38(46)27-31-50(48)49/h1-35H. The second-order valence-corrected chi connectivity index (χ2v) is 15.6. The van der Waals surface area contributed by atoms with Crippen LogP contribution in [0.4, 0.5) is 17.1 Å². The van der Waals surface area contributed by atoms with Crippen molar-refractivity contribution in [2.24, 2.45) is 0 Å². The Balaban J connectivity index is 1.03. The van der Waals surface area contributed by atoms with Gasteiger partial charge in [0.2, 0.25) is 0 Å². The molecule has 0 aliphatic carbocycles. The van der Waals surface area contributed by atoms with Gasteiger partial charge in [-0.25, -0.2) is 0 Å². The molecule has 1 heterocycles. The highest BCUT2D eigenvalue weighted by Gasteiger charge is 2.17. The lowest BCUT2D eigenvalue weighted by molar-refractivity contribution is 1.29. The van der Waals surface area contributed by atoms with Gasteiger partial charge in [-0.3, -0.25) is 0 Å². The van der Waals surface area contributed by atoms with Crippen molar-refractivity contribution >= 4 is 80.9 Å². The minimum absolute atomic E-state index is 1.11. The van der Waals surface area contributed by atoms with Crippen LogP contribution in [0, 0.1) is 0 Å². The van der Waals surface area contributed by atoms with E-state index in [-0.39, 0.29) is 0 Å². The molecule has 0 amide bonds. The summed E-state index contributed by atoms with van der Waals surface area (Å²) < 4.78 is 2.60. The monoisotopic (exact) mass is 729 g/mol. The third kappa shape index (κ3) is 5.54. The smallest absolute Gasteiger partial charge is 0.0476 e. The van der Waals surface area contributed by atoms with E-state index in [1.165, 1.54) is 85.9 Å². The summed E-state index contributed by atoms with van der Waals surface area (Å²) in [6, 6.07) is 77.8. The van der Waals surface area contributed by atoms with E-state index < -0.39 is 0 Å². The minimum atomic E-state index is 1.11. The molecule has 0 N–H and O–H groups in total. The van der Waals surface area contributed by atoms with Crippen molar-refractivity contribution in [1.29, 1.82) is 0 Å². The van der Waals surface area contributed by atoms with E-state index in [0.717, 1.165) is 17.1 Å². The van der Waals surface area contributed by atoms with Crippen molar-refractivity contribution in [1.82, 2.24) is 0 Å². The normalized spacial score (nSPS) is 11.6. The molecule has 0 atom stereocenters. The van der Waals surface area contributed by atoms with Gasteiger partial charge in [-0.2, -0.15) is 0 Å². The van der Waals surface area contributed by atoms with Crippen molar-refractivity contribution < 1.29 is 0 Å². The minimum Gasteiger partial charge on any atom is -0.310 e. The van der Waals surface area contributed by atoms with Crippen molar-refractivity contribution in [2.75, 3.05) is 4.90 Å². The molecule has 0 aliphatic heterocycles. The fourth-order valence-corrected chi connectivity index (χ4v) is 9.69. The number of hydrogen-bond donors (Lipinski definition) is 0. The van der Waals surface area contributed by atoms with Gasteiger partial charge in [0.1, 0.15) is 0 Å². The van der Waals surface area contributed by atoms with E-state index in [9.17, 15) is 0 Å². The Bertz CT molecular complexity index is 3260. The molecule has 0 unspecified atom stereocenters. The average Bonchev–Trinajstić information content (AvgIpc) is 3.64. The molecule has 11 rings (SSSR count). The van der Waals surface area contributed by atoms with Gasteiger partial charge < -0.3 is 4.90 Å². The Labute approximate surface area is 330 Å². The molecular formula is C54H35NS. The van der Waals surface area contributed by atoms with Crippen LogP contribution in [0.1, 0.15) is 0 Å². The third-order valence-electron chi connectivity index (χ3n) is 11.2. The number of benzene rings is 10. The maximum atomic E-state index is 2.41. The second kappa shape index (κ2) is 13.4. The van der Waals surface area contributed by atoms with Crippen LogP contribution in [-0.2, 0) is 0 Å². The Kier molecular flexibility index (Phi) is 7.75. The highest BCUT2D eigenvalue weighted by atomic mass is 32.1. The Morgan fingerprint density at radius 2 is 0.821 bits per heavy atom. The molecule has 0 spiro atoms. The van der Waals surface area contributed by atoms with Gasteiger partial charge in [-0.05, 0) is 114 Å². The molecule has 0 saturated heterocycles. The zero-order valence-corrected chi connectivity index (χ0v) is 31.4. The van der Waals surface area contributed by atoms with Gasteiger partial charge in [0.25, 0.3) is 0 Å². The maximum absolute atomic E-state index is 2.41. The van der Waals surface area contributed by atoms with Crippen LogP contribution in [-0.4, -0.2) is 0 Å². The van der Waals surface area contributed by atoms with Crippen molar-refractivity contribution in [3.63, 3.8) is 0 Å². The number of rotatable bonds is 6. The SMILES string of the molecule is c1cc(-c2ccc(N(c3cccc(-c4cccc5c4ccc4ccccc45)c3)c3ccc4c(c3)sc3ccccc34)cc2)cc(-c2cccc3ccccc23)c1. The van der Waals surface area contributed by atoms with Gasteiger partial charge in [0.05, 0.1) is 0 Å². The van der Waals surface area contributed by atoms with E-state index >= 15 is 0 Å². The number of fused-ring (bicyclic) bond motifs is 7. The van der Waals surface area contributed by atoms with Gasteiger partial charge in [0.15, 0.2) is 0 Å². The lowest BCUT2D eigenvalue weighted by atomic mass is 9.94. The topological polar surface area (TPSA) is 3.24 Å². The molecule has 262 valence electrons. The van der Waals surface area contributed by atoms with Crippen LogP contribution in [0.3, 0.4) is 0 Å². The van der Waals surface area contributed by atoms with Crippen LogP contribution >= 0.6 is 11.3 Å². The van der Waals surface area contributed by atoms with E-state index in [2.05, 4.69) is 217 Å². The van der Waals surface area contributed by atoms with Crippen LogP contribution in [0.15, 0.2) is 212 Å². The zero-order chi connectivity index (χ0) is 37.0. The van der Waals surface area contributed by atoms with Gasteiger partial charge in [-0.1, -0.05) is 164 Å². The molecular weight excluding hydrogens is 695 g/mol. The van der Waals surface area contributed by atoms with Crippen LogP contribution < -0.4 is 4.90 Å². The first-order valence-electron chi connectivity index (χ1n) is 19.2. The molecule has 0 bridgehead atoms. The van der Waals surface area contributed by atoms with E-state index in [4.69, 9.17) is 0 Å². The summed E-state index contributed by atoms with van der Waals surface area (Å²) in [6.45, 7) is 0. The van der Waals surface area contributed by atoms with Crippen molar-refractivity contribution in [3.8, 4) is 33.4 Å². The number of thiophene rings is 1. The lowest BCUT2D eigenvalue weighted by Gasteiger charge is -2.26. The quantitative estimate of drug-likeness (QED) is 0.154. The van der Waals surface area contributed by atoms with Crippen LogP contribution in [0.2, 0.25) is 0 Å². The fraction of sp³-hybridized carbons (Fsp3) is 0. The molecule has 10 aromatic carbocycles. The number of nitrogens with zero attached hydrogens (tertiary/aromatic N) is 1. The molecule has 0 aliphatic rings. The van der Waals surface area contributed by atoms with Crippen molar-refractivity contribution in [2.45, 2.75) is 0 Å². The van der Waals surface area contributed by atoms with E-state index in [0.29, 0.717) is 0 Å². The maximum Gasteiger partial charge on any atom is 0.0476 e. The first-order chi connectivity index (χ1) is 27.7. The van der Waals surface area contributed by atoms with Gasteiger partial charge >= 0.3 is 0 Å². The summed E-state index contributed by atoms with van der Waals surface area (Å²) >= 11 is 1.86. The predicted octanol–water partition coefficient (Wildman–Crippen LogP) is 16.0. The van der Waals surface area contributed by atoms with Gasteiger partial charge in [-0.15, -0.1) is 11.3 Å². The molecule has 0 fully saturated rings. The Hall–Kier alpha value is -7.00. The largest absolute Gasteiger partial charge is 0.310 e. The van der Waals surface area contributed by atoms with Gasteiger partial charge in [0, 0.05) is 37.2 Å². The Morgan fingerprint density at radius 3 is 1.68 bits per heavy atom. The van der Waals surface area contributed by atoms with E-state index in [1.54, 1.807) is 0 Å². The average molecular weight is 730 g/mol. The molecule has 1 nitrogen and oxygen atoms in total. The van der Waals surface area contributed by atoms with Crippen LogP contribution in [0.25, 0.3) is 85.9 Å². The number of hydrogen-bond acceptors (Lipinski definition) is 2. The first-order valence-corrected chi connectivity index (χ1v) is 20.0. The lowest BCUT2D eigenvalue weighted by Crippen LogP contribution is -2.10. The third-order valence-corrected chi connectivity index (χ3v) is 12.4. The highest BCUT2D eigenvalue weighted by Crippen LogP contribution is 2.43. The zero-order valence-electron chi connectivity index (χ0n) is 30.6. The molecule has 2 heteroatoms. The molecule has 0 radical (unpaired) electrons. The summed E-state index contributed by atoms with van der Waals surface area (Å²) in [5.74, 6) is 0. The second-order valence-electron chi connectivity index (χ2n) is 14.5. The molecule has 56 heavy (non-hydrogen) atoms. The van der Waals surface area contributed by atoms with E-state index in [1.807, 2.05) is 11.3 Å². The van der Waals surface area contributed by atoms with Crippen LogP contribution in [0.5, 0.6) is 0 Å². The highest BCUT2D eigenvalue weighted by molar-refractivity contribution is 7.25. The predicted molar refractivity (Wildman–Crippen MR) is 243 cm³/mol. The summed E-state index contributed by atoms with van der Waals surface area (Å²) in [5, 5.41) is 10.2. The fourth-order valence-electron chi connectivity index (χ4n) is 8.55.